The summed E-state index contributed by atoms with van der Waals surface area (Å²) in [7, 11) is 2.09. The Morgan fingerprint density at radius 3 is 2.93 bits per heavy atom. The maximum absolute atomic E-state index is 5.54. The van der Waals surface area contributed by atoms with Gasteiger partial charge < -0.3 is 10.3 Å². The zero-order valence-electron chi connectivity index (χ0n) is 8.83. The van der Waals surface area contributed by atoms with Gasteiger partial charge in [-0.1, -0.05) is 15.9 Å². The number of hydrogen-bond acceptors (Lipinski definition) is 1. The number of halogens is 1. The second-order valence-electron chi connectivity index (χ2n) is 3.82. The minimum atomic E-state index is 0.754. The van der Waals surface area contributed by atoms with Crippen molar-refractivity contribution in [2.24, 2.45) is 12.8 Å². The van der Waals surface area contributed by atoms with Gasteiger partial charge in [0.15, 0.2) is 0 Å². The minimum Gasteiger partial charge on any atom is -0.350 e. The molecule has 1 aromatic carbocycles. The Morgan fingerprint density at radius 2 is 2.20 bits per heavy atom. The summed E-state index contributed by atoms with van der Waals surface area (Å²) in [6, 6.07) is 6.40. The van der Waals surface area contributed by atoms with Crippen LogP contribution in [0.4, 0.5) is 0 Å². The molecule has 2 rings (SSSR count). The number of aryl methyl sites for hydroxylation is 2. The molecule has 0 aliphatic carbocycles. The van der Waals surface area contributed by atoms with Gasteiger partial charge in [0.25, 0.3) is 0 Å². The van der Waals surface area contributed by atoms with Crippen LogP contribution in [-0.4, -0.2) is 11.1 Å². The molecule has 0 amide bonds. The summed E-state index contributed by atoms with van der Waals surface area (Å²) in [4.78, 5) is 0. The lowest BCUT2D eigenvalue weighted by atomic mass is 10.1. The first-order valence-electron chi connectivity index (χ1n) is 5.16. The highest BCUT2D eigenvalue weighted by atomic mass is 79.9. The predicted molar refractivity (Wildman–Crippen MR) is 68.0 cm³/mol. The van der Waals surface area contributed by atoms with E-state index in [0.717, 1.165) is 23.9 Å². The van der Waals surface area contributed by atoms with Gasteiger partial charge in [-0.2, -0.15) is 0 Å². The van der Waals surface area contributed by atoms with Crippen LogP contribution < -0.4 is 5.73 Å². The zero-order valence-corrected chi connectivity index (χ0v) is 10.4. The summed E-state index contributed by atoms with van der Waals surface area (Å²) in [5.74, 6) is 0. The largest absolute Gasteiger partial charge is 0.350 e. The van der Waals surface area contributed by atoms with Gasteiger partial charge in [0.05, 0.1) is 0 Å². The molecule has 0 fully saturated rings. The highest BCUT2D eigenvalue weighted by molar-refractivity contribution is 9.10. The molecule has 0 radical (unpaired) electrons. The fourth-order valence-electron chi connectivity index (χ4n) is 1.94. The highest BCUT2D eigenvalue weighted by Gasteiger charge is 2.06. The van der Waals surface area contributed by atoms with E-state index in [2.05, 4.69) is 51.9 Å². The molecule has 2 aromatic rings. The van der Waals surface area contributed by atoms with Crippen LogP contribution in [0.2, 0.25) is 0 Å². The van der Waals surface area contributed by atoms with Crippen molar-refractivity contribution in [1.82, 2.24) is 4.57 Å². The first kappa shape index (κ1) is 10.7. The third kappa shape index (κ3) is 2.08. The minimum absolute atomic E-state index is 0.754. The lowest BCUT2D eigenvalue weighted by Gasteiger charge is -1.98. The Balaban J connectivity index is 2.49. The third-order valence-corrected chi connectivity index (χ3v) is 3.18. The van der Waals surface area contributed by atoms with Crippen LogP contribution >= 0.6 is 15.9 Å². The number of nitrogens with zero attached hydrogens (tertiary/aromatic N) is 1. The highest BCUT2D eigenvalue weighted by Crippen LogP contribution is 2.25. The van der Waals surface area contributed by atoms with E-state index < -0.39 is 0 Å². The molecule has 1 heterocycles. The first-order valence-corrected chi connectivity index (χ1v) is 5.95. The van der Waals surface area contributed by atoms with Crippen LogP contribution in [0.3, 0.4) is 0 Å². The molecule has 0 saturated heterocycles. The van der Waals surface area contributed by atoms with Crippen LogP contribution in [0.1, 0.15) is 12.0 Å². The molecule has 2 N–H and O–H groups in total. The Bertz CT molecular complexity index is 474. The monoisotopic (exact) mass is 266 g/mol. The number of aromatic nitrogens is 1. The lowest BCUT2D eigenvalue weighted by Crippen LogP contribution is -1.99. The first-order chi connectivity index (χ1) is 7.22. The van der Waals surface area contributed by atoms with E-state index >= 15 is 0 Å². The maximum atomic E-state index is 5.54. The fourth-order valence-corrected chi connectivity index (χ4v) is 2.30. The molecule has 3 heteroatoms. The number of benzene rings is 1. The summed E-state index contributed by atoms with van der Waals surface area (Å²) < 4.78 is 3.31. The smallest absolute Gasteiger partial charge is 0.0481 e. The number of fused-ring (bicyclic) bond motifs is 1. The summed E-state index contributed by atoms with van der Waals surface area (Å²) in [5, 5.41) is 1.33. The van der Waals surface area contributed by atoms with Gasteiger partial charge in [-0.05, 0) is 43.1 Å². The molecule has 2 nitrogen and oxygen atoms in total. The van der Waals surface area contributed by atoms with E-state index in [4.69, 9.17) is 5.73 Å². The zero-order chi connectivity index (χ0) is 10.8. The average Bonchev–Trinajstić information content (AvgIpc) is 2.52. The Kier molecular flexibility index (Phi) is 3.12. The predicted octanol–water partition coefficient (Wildman–Crippen LogP) is 2.83. The number of hydrogen-bond donors (Lipinski definition) is 1. The van der Waals surface area contributed by atoms with E-state index in [1.165, 1.54) is 16.5 Å². The van der Waals surface area contributed by atoms with E-state index in [-0.39, 0.29) is 0 Å². The van der Waals surface area contributed by atoms with Crippen molar-refractivity contribution in [3.05, 3.63) is 34.4 Å². The van der Waals surface area contributed by atoms with Crippen LogP contribution in [0.15, 0.2) is 28.9 Å². The van der Waals surface area contributed by atoms with E-state index in [1.807, 2.05) is 0 Å². The van der Waals surface area contributed by atoms with Crippen molar-refractivity contribution >= 4 is 26.8 Å². The topological polar surface area (TPSA) is 30.9 Å². The molecule has 0 spiro atoms. The molecular weight excluding hydrogens is 252 g/mol. The summed E-state index contributed by atoms with van der Waals surface area (Å²) >= 11 is 3.51. The molecule has 15 heavy (non-hydrogen) atoms. The molecule has 80 valence electrons. The third-order valence-electron chi connectivity index (χ3n) is 2.68. The van der Waals surface area contributed by atoms with Crippen molar-refractivity contribution in [2.45, 2.75) is 12.8 Å². The van der Waals surface area contributed by atoms with Crippen LogP contribution in [0.25, 0.3) is 10.9 Å². The van der Waals surface area contributed by atoms with Gasteiger partial charge in [0.1, 0.15) is 0 Å². The summed E-state index contributed by atoms with van der Waals surface area (Å²) in [6.45, 7) is 0.754. The standard InChI is InChI=1S/C12H15BrN2/c1-15-8-9(3-2-6-14)11-7-10(13)4-5-12(11)15/h4-5,7-8H,2-3,6,14H2,1H3. The van der Waals surface area contributed by atoms with Gasteiger partial charge in [-0.25, -0.2) is 0 Å². The van der Waals surface area contributed by atoms with Crippen molar-refractivity contribution in [1.29, 1.82) is 0 Å². The summed E-state index contributed by atoms with van der Waals surface area (Å²) in [6.07, 6.45) is 4.31. The number of rotatable bonds is 3. The van der Waals surface area contributed by atoms with Crippen molar-refractivity contribution in [3.8, 4) is 0 Å². The summed E-state index contributed by atoms with van der Waals surface area (Å²) in [5.41, 5.74) is 8.21. The Hall–Kier alpha value is -0.800. The van der Waals surface area contributed by atoms with Crippen LogP contribution in [0, 0.1) is 0 Å². The van der Waals surface area contributed by atoms with E-state index in [9.17, 15) is 0 Å². The number of nitrogens with two attached hydrogens (primary N) is 1. The second-order valence-corrected chi connectivity index (χ2v) is 4.73. The van der Waals surface area contributed by atoms with Gasteiger partial charge in [-0.15, -0.1) is 0 Å². The van der Waals surface area contributed by atoms with Gasteiger partial charge >= 0.3 is 0 Å². The SMILES string of the molecule is Cn1cc(CCCN)c2cc(Br)ccc21. The van der Waals surface area contributed by atoms with Gasteiger partial charge in [0, 0.05) is 28.6 Å². The van der Waals surface area contributed by atoms with Crippen molar-refractivity contribution in [2.75, 3.05) is 6.54 Å². The van der Waals surface area contributed by atoms with Gasteiger partial charge in [-0.3, -0.25) is 0 Å². The van der Waals surface area contributed by atoms with Gasteiger partial charge in [0.2, 0.25) is 0 Å². The van der Waals surface area contributed by atoms with E-state index in [1.54, 1.807) is 0 Å². The molecule has 0 saturated carbocycles. The fraction of sp³-hybridized carbons (Fsp3) is 0.333. The Labute approximate surface area is 98.2 Å². The molecule has 0 unspecified atom stereocenters. The molecule has 0 bridgehead atoms. The average molecular weight is 267 g/mol. The molecule has 0 aliphatic rings. The lowest BCUT2D eigenvalue weighted by molar-refractivity contribution is 0.830. The molecule has 1 aromatic heterocycles. The van der Waals surface area contributed by atoms with Crippen molar-refractivity contribution < 1.29 is 0 Å². The van der Waals surface area contributed by atoms with E-state index in [0.29, 0.717) is 0 Å². The van der Waals surface area contributed by atoms with Crippen molar-refractivity contribution in [3.63, 3.8) is 0 Å². The molecule has 0 aliphatic heterocycles. The molecular formula is C12H15BrN2. The van der Waals surface area contributed by atoms with Crippen LogP contribution in [-0.2, 0) is 13.5 Å². The Morgan fingerprint density at radius 1 is 1.40 bits per heavy atom. The normalized spacial score (nSPS) is 11.1. The maximum Gasteiger partial charge on any atom is 0.0481 e. The molecule has 0 atom stereocenters. The van der Waals surface area contributed by atoms with Crippen LogP contribution in [0.5, 0.6) is 0 Å². The quantitative estimate of drug-likeness (QED) is 0.910. The second kappa shape index (κ2) is 4.37.